The molecular formula is C12H17Cl2N5OS. The summed E-state index contributed by atoms with van der Waals surface area (Å²) >= 11 is 1.38. The Bertz CT molecular complexity index is 552. The summed E-state index contributed by atoms with van der Waals surface area (Å²) in [4.78, 5) is 24.3. The van der Waals surface area contributed by atoms with E-state index in [0.29, 0.717) is 22.9 Å². The van der Waals surface area contributed by atoms with Crippen LogP contribution in [-0.4, -0.2) is 40.5 Å². The van der Waals surface area contributed by atoms with E-state index >= 15 is 0 Å². The SMILES string of the molecule is CNC(C)CNC(=O)c1csc(-c2cnccn2)n1.Cl.Cl. The highest BCUT2D eigenvalue weighted by atomic mass is 35.5. The number of amides is 1. The van der Waals surface area contributed by atoms with Gasteiger partial charge in [-0.05, 0) is 14.0 Å². The second kappa shape index (κ2) is 9.62. The summed E-state index contributed by atoms with van der Waals surface area (Å²) < 4.78 is 0. The molecule has 21 heavy (non-hydrogen) atoms. The average Bonchev–Trinajstić information content (AvgIpc) is 2.95. The average molecular weight is 350 g/mol. The third-order valence-electron chi connectivity index (χ3n) is 2.58. The van der Waals surface area contributed by atoms with E-state index in [1.165, 1.54) is 11.3 Å². The number of halogens is 2. The van der Waals surface area contributed by atoms with Crippen molar-refractivity contribution in [3.63, 3.8) is 0 Å². The Morgan fingerprint density at radius 3 is 2.76 bits per heavy atom. The zero-order chi connectivity index (χ0) is 13.7. The number of hydrogen-bond acceptors (Lipinski definition) is 6. The Labute approximate surface area is 139 Å². The van der Waals surface area contributed by atoms with E-state index < -0.39 is 0 Å². The molecule has 1 atom stereocenters. The van der Waals surface area contributed by atoms with E-state index in [2.05, 4.69) is 25.6 Å². The van der Waals surface area contributed by atoms with Crippen molar-refractivity contribution in [1.82, 2.24) is 25.6 Å². The van der Waals surface area contributed by atoms with Crippen LogP contribution in [0.5, 0.6) is 0 Å². The van der Waals surface area contributed by atoms with Crippen LogP contribution in [0.3, 0.4) is 0 Å². The van der Waals surface area contributed by atoms with Crippen LogP contribution in [0, 0.1) is 0 Å². The normalized spacial score (nSPS) is 11.0. The maximum Gasteiger partial charge on any atom is 0.270 e. The van der Waals surface area contributed by atoms with Gasteiger partial charge in [0, 0.05) is 30.4 Å². The second-order valence-electron chi connectivity index (χ2n) is 4.03. The fourth-order valence-corrected chi connectivity index (χ4v) is 2.10. The van der Waals surface area contributed by atoms with Crippen LogP contribution < -0.4 is 10.6 Å². The molecule has 6 nitrogen and oxygen atoms in total. The Hall–Kier alpha value is -1.28. The first-order valence-corrected chi connectivity index (χ1v) is 6.76. The van der Waals surface area contributed by atoms with E-state index in [9.17, 15) is 4.79 Å². The third-order valence-corrected chi connectivity index (χ3v) is 3.45. The summed E-state index contributed by atoms with van der Waals surface area (Å²) in [5, 5.41) is 8.29. The topological polar surface area (TPSA) is 79.8 Å². The highest BCUT2D eigenvalue weighted by Gasteiger charge is 2.12. The van der Waals surface area contributed by atoms with Crippen LogP contribution in [0.2, 0.25) is 0 Å². The first-order chi connectivity index (χ1) is 9.20. The second-order valence-corrected chi connectivity index (χ2v) is 4.89. The molecule has 116 valence electrons. The molecule has 2 aromatic rings. The molecule has 2 aromatic heterocycles. The lowest BCUT2D eigenvalue weighted by Gasteiger charge is -2.10. The first kappa shape index (κ1) is 19.7. The molecule has 2 heterocycles. The molecule has 0 aliphatic rings. The standard InChI is InChI=1S/C12H15N5OS.2ClH/c1-8(13-2)5-16-11(18)10-7-19-12(17-10)9-6-14-3-4-15-9;;/h3-4,6-8,13H,5H2,1-2H3,(H,16,18);2*1H. The number of nitrogens with one attached hydrogen (secondary N) is 2. The van der Waals surface area contributed by atoms with Crippen molar-refractivity contribution < 1.29 is 4.79 Å². The van der Waals surface area contributed by atoms with Gasteiger partial charge in [-0.3, -0.25) is 14.8 Å². The van der Waals surface area contributed by atoms with Crippen LogP contribution in [0.15, 0.2) is 24.0 Å². The van der Waals surface area contributed by atoms with Crippen LogP contribution in [-0.2, 0) is 0 Å². The van der Waals surface area contributed by atoms with Gasteiger partial charge in [0.1, 0.15) is 16.4 Å². The Kier molecular flexibility index (Phi) is 9.03. The summed E-state index contributed by atoms with van der Waals surface area (Å²) in [6, 6.07) is 0.224. The van der Waals surface area contributed by atoms with Crippen molar-refractivity contribution in [2.45, 2.75) is 13.0 Å². The Balaban J connectivity index is 0.00000200. The molecule has 2 N–H and O–H groups in total. The van der Waals surface area contributed by atoms with Gasteiger partial charge in [-0.2, -0.15) is 0 Å². The molecule has 2 rings (SSSR count). The summed E-state index contributed by atoms with van der Waals surface area (Å²) in [5.74, 6) is -0.173. The van der Waals surface area contributed by atoms with Crippen molar-refractivity contribution in [3.05, 3.63) is 29.7 Å². The minimum atomic E-state index is -0.173. The lowest BCUT2D eigenvalue weighted by molar-refractivity contribution is 0.0946. The molecule has 0 aliphatic heterocycles. The fourth-order valence-electron chi connectivity index (χ4n) is 1.34. The Morgan fingerprint density at radius 2 is 2.14 bits per heavy atom. The van der Waals surface area contributed by atoms with E-state index in [1.807, 2.05) is 14.0 Å². The first-order valence-electron chi connectivity index (χ1n) is 5.88. The van der Waals surface area contributed by atoms with Gasteiger partial charge in [-0.1, -0.05) is 0 Å². The quantitative estimate of drug-likeness (QED) is 0.859. The van der Waals surface area contributed by atoms with Gasteiger partial charge in [0.15, 0.2) is 0 Å². The van der Waals surface area contributed by atoms with Gasteiger partial charge in [-0.15, -0.1) is 36.2 Å². The van der Waals surface area contributed by atoms with E-state index in [-0.39, 0.29) is 36.8 Å². The molecular weight excluding hydrogens is 333 g/mol. The lowest BCUT2D eigenvalue weighted by atomic mass is 10.3. The van der Waals surface area contributed by atoms with Crippen molar-refractivity contribution >= 4 is 42.1 Å². The van der Waals surface area contributed by atoms with Crippen LogP contribution in [0.25, 0.3) is 10.7 Å². The third kappa shape index (κ3) is 5.55. The molecule has 0 aromatic carbocycles. The zero-order valence-corrected chi connectivity index (χ0v) is 14.0. The predicted octanol–water partition coefficient (Wildman–Crippen LogP) is 1.78. The molecule has 0 fully saturated rings. The van der Waals surface area contributed by atoms with Crippen molar-refractivity contribution in [2.24, 2.45) is 0 Å². The summed E-state index contributed by atoms with van der Waals surface area (Å²) in [7, 11) is 1.85. The number of aromatic nitrogens is 3. The molecule has 1 amide bonds. The minimum absolute atomic E-state index is 0. The smallest absolute Gasteiger partial charge is 0.270 e. The molecule has 0 aliphatic carbocycles. The van der Waals surface area contributed by atoms with Gasteiger partial charge in [0.05, 0.1) is 6.20 Å². The van der Waals surface area contributed by atoms with Gasteiger partial charge in [0.25, 0.3) is 5.91 Å². The van der Waals surface area contributed by atoms with Crippen LogP contribution in [0.4, 0.5) is 0 Å². The molecule has 0 saturated carbocycles. The molecule has 9 heteroatoms. The largest absolute Gasteiger partial charge is 0.349 e. The summed E-state index contributed by atoms with van der Waals surface area (Å²) in [6.45, 7) is 2.56. The fraction of sp³-hybridized carbons (Fsp3) is 0.333. The zero-order valence-electron chi connectivity index (χ0n) is 11.6. The molecule has 0 bridgehead atoms. The maximum absolute atomic E-state index is 11.9. The molecule has 0 spiro atoms. The summed E-state index contributed by atoms with van der Waals surface area (Å²) in [5.41, 5.74) is 1.09. The highest BCUT2D eigenvalue weighted by Crippen LogP contribution is 2.20. The van der Waals surface area contributed by atoms with Gasteiger partial charge in [-0.25, -0.2) is 4.98 Å². The number of likely N-dealkylation sites (N-methyl/N-ethyl adjacent to an activating group) is 1. The van der Waals surface area contributed by atoms with Crippen molar-refractivity contribution in [1.29, 1.82) is 0 Å². The lowest BCUT2D eigenvalue weighted by Crippen LogP contribution is -2.37. The minimum Gasteiger partial charge on any atom is -0.349 e. The number of rotatable bonds is 5. The number of thiazole rings is 1. The van der Waals surface area contributed by atoms with E-state index in [0.717, 1.165) is 0 Å². The van der Waals surface area contributed by atoms with E-state index in [4.69, 9.17) is 0 Å². The number of hydrogen-bond donors (Lipinski definition) is 2. The molecule has 0 radical (unpaired) electrons. The maximum atomic E-state index is 11.9. The van der Waals surface area contributed by atoms with Crippen LogP contribution in [0.1, 0.15) is 17.4 Å². The summed E-state index contributed by atoms with van der Waals surface area (Å²) in [6.07, 6.45) is 4.83. The van der Waals surface area contributed by atoms with Crippen LogP contribution >= 0.6 is 36.2 Å². The Morgan fingerprint density at radius 1 is 1.38 bits per heavy atom. The van der Waals surface area contributed by atoms with Gasteiger partial charge >= 0.3 is 0 Å². The number of nitrogens with zero attached hydrogens (tertiary/aromatic N) is 3. The van der Waals surface area contributed by atoms with E-state index in [1.54, 1.807) is 24.0 Å². The predicted molar refractivity (Wildman–Crippen MR) is 88.5 cm³/mol. The molecule has 0 saturated heterocycles. The molecule has 1 unspecified atom stereocenters. The number of carbonyl (C=O) groups excluding carboxylic acids is 1. The van der Waals surface area contributed by atoms with Crippen molar-refractivity contribution in [2.75, 3.05) is 13.6 Å². The van der Waals surface area contributed by atoms with Gasteiger partial charge < -0.3 is 10.6 Å². The van der Waals surface area contributed by atoms with Crippen molar-refractivity contribution in [3.8, 4) is 10.7 Å². The highest BCUT2D eigenvalue weighted by molar-refractivity contribution is 7.13. The van der Waals surface area contributed by atoms with Gasteiger partial charge in [0.2, 0.25) is 0 Å². The monoisotopic (exact) mass is 349 g/mol. The number of carbonyl (C=O) groups is 1.